The molecule has 1 fully saturated rings. The van der Waals surface area contributed by atoms with Crippen molar-refractivity contribution < 1.29 is 47.3 Å². The lowest BCUT2D eigenvalue weighted by Gasteiger charge is -2.51. The third-order valence-corrected chi connectivity index (χ3v) is 13.0. The van der Waals surface area contributed by atoms with Crippen molar-refractivity contribution in [2.45, 2.75) is 63.1 Å². The summed E-state index contributed by atoms with van der Waals surface area (Å²) in [6.07, 6.45) is -0.258. The van der Waals surface area contributed by atoms with Gasteiger partial charge in [0.25, 0.3) is 0 Å². The smallest absolute Gasteiger partial charge is 0.365 e. The fraction of sp³-hybridized carbons (Fsp3) is 0.278. The van der Waals surface area contributed by atoms with Gasteiger partial charge in [-0.1, -0.05) is 127 Å². The number of amides is 4. The van der Waals surface area contributed by atoms with Gasteiger partial charge in [0.1, 0.15) is 18.6 Å². The predicted molar refractivity (Wildman–Crippen MR) is 262 cm³/mol. The van der Waals surface area contributed by atoms with Crippen LogP contribution in [-0.4, -0.2) is 84.2 Å². The molecule has 1 saturated heterocycles. The first-order valence-corrected chi connectivity index (χ1v) is 24.6. The molecular weight excluding hydrogens is 896 g/mol. The van der Waals surface area contributed by atoms with Gasteiger partial charge in [-0.2, -0.15) is 0 Å². The second kappa shape index (κ2) is 24.6. The van der Waals surface area contributed by atoms with Gasteiger partial charge >= 0.3 is 13.6 Å². The highest BCUT2D eigenvalue weighted by atomic mass is 31.2. The molecule has 6 aromatic carbocycles. The van der Waals surface area contributed by atoms with Crippen LogP contribution in [0.5, 0.6) is 5.75 Å². The molecule has 0 aliphatic carbocycles. The summed E-state index contributed by atoms with van der Waals surface area (Å²) in [5.74, 6) is -0.812. The summed E-state index contributed by atoms with van der Waals surface area (Å²) in [7, 11) is -2.70. The molecule has 4 amide bonds. The zero-order valence-electron chi connectivity index (χ0n) is 38.6. The summed E-state index contributed by atoms with van der Waals surface area (Å²) >= 11 is 0. The third-order valence-electron chi connectivity index (χ3n) is 12.0. The number of aryl methyl sites for hydroxylation is 1. The maximum Gasteiger partial charge on any atom is 0.365 e. The number of carbonyl (C=O) groups excluding carboxylic acids is 3. The van der Waals surface area contributed by atoms with Gasteiger partial charge in [-0.3, -0.25) is 18.7 Å². The monoisotopic (exact) mass is 954 g/mol. The maximum absolute atomic E-state index is 15.3. The van der Waals surface area contributed by atoms with Crippen molar-refractivity contribution in [1.29, 1.82) is 0 Å². The van der Waals surface area contributed by atoms with Gasteiger partial charge in [0, 0.05) is 37.7 Å². The van der Waals surface area contributed by atoms with E-state index in [-0.39, 0.29) is 32.5 Å². The molecule has 1 aliphatic rings. The first kappa shape index (κ1) is 50.2. The highest BCUT2D eigenvalue weighted by Crippen LogP contribution is 2.48. The van der Waals surface area contributed by atoms with E-state index in [1.165, 1.54) is 0 Å². The molecule has 0 spiro atoms. The molecule has 6 aromatic rings. The average Bonchev–Trinajstić information content (AvgIpc) is 3.36. The summed E-state index contributed by atoms with van der Waals surface area (Å²) in [5, 5.41) is 0. The fourth-order valence-electron chi connectivity index (χ4n) is 8.62. The molecule has 0 bridgehead atoms. The van der Waals surface area contributed by atoms with Crippen LogP contribution >= 0.6 is 7.60 Å². The van der Waals surface area contributed by atoms with E-state index in [2.05, 4.69) is 0 Å². The Hall–Kier alpha value is -6.64. The molecule has 7 rings (SSSR count). The summed E-state index contributed by atoms with van der Waals surface area (Å²) < 4.78 is 43.5. The van der Waals surface area contributed by atoms with E-state index in [1.54, 1.807) is 59.4 Å². The molecular formula is C54H59N4O10P. The van der Waals surface area contributed by atoms with Crippen LogP contribution in [0.1, 0.15) is 66.6 Å². The lowest BCUT2D eigenvalue weighted by Crippen LogP contribution is -2.66. The van der Waals surface area contributed by atoms with Gasteiger partial charge in [-0.05, 0) is 89.0 Å². The molecule has 5 unspecified atom stereocenters. The number of hydrogen-bond acceptors (Lipinski definition) is 9. The van der Waals surface area contributed by atoms with Crippen LogP contribution in [0.2, 0.25) is 0 Å². The van der Waals surface area contributed by atoms with Gasteiger partial charge in [0.05, 0.1) is 31.4 Å². The van der Waals surface area contributed by atoms with Crippen molar-refractivity contribution in [2.75, 3.05) is 33.5 Å². The number of nitrogens with zero attached hydrogens (tertiary/aromatic N) is 2. The first-order chi connectivity index (χ1) is 33.5. The topological polar surface area (TPSA) is 193 Å². The SMILES string of the molecule is COCCOCOC1C(CCc2cccc(OCP(=O)(O)OC(Cc3ccccc3)c3ccccc3)c2)N(Cc2cccc(C(N)=O)c2)C(=O)N(Cc2cccc(C(N)=O)c2)C1Cc1ccccc1. The number of rotatable bonds is 25. The quantitative estimate of drug-likeness (QED) is 0.0285. The zero-order valence-corrected chi connectivity index (χ0v) is 39.5. The molecule has 0 radical (unpaired) electrons. The van der Waals surface area contributed by atoms with Gasteiger partial charge in [0.2, 0.25) is 11.8 Å². The Morgan fingerprint density at radius 2 is 1.22 bits per heavy atom. The third kappa shape index (κ3) is 14.4. The largest absolute Gasteiger partial charge is 0.481 e. The van der Waals surface area contributed by atoms with Crippen LogP contribution < -0.4 is 16.2 Å². The highest BCUT2D eigenvalue weighted by molar-refractivity contribution is 7.52. The van der Waals surface area contributed by atoms with E-state index >= 15 is 4.79 Å². The van der Waals surface area contributed by atoms with Crippen molar-refractivity contribution >= 4 is 25.4 Å². The first-order valence-electron chi connectivity index (χ1n) is 22.8. The Morgan fingerprint density at radius 3 is 1.83 bits per heavy atom. The Kier molecular flexibility index (Phi) is 17.9. The van der Waals surface area contributed by atoms with Crippen molar-refractivity contribution in [3.05, 3.63) is 208 Å². The molecule has 1 heterocycles. The van der Waals surface area contributed by atoms with E-state index < -0.39 is 50.0 Å². The molecule has 360 valence electrons. The number of carbonyl (C=O) groups is 3. The Labute approximate surface area is 403 Å². The summed E-state index contributed by atoms with van der Waals surface area (Å²) in [6.45, 7) is 0.771. The van der Waals surface area contributed by atoms with Crippen LogP contribution in [-0.2, 0) is 55.7 Å². The van der Waals surface area contributed by atoms with E-state index in [0.717, 1.165) is 22.3 Å². The molecule has 1 aliphatic heterocycles. The lowest BCUT2D eigenvalue weighted by molar-refractivity contribution is -0.150. The minimum absolute atomic E-state index is 0.0941. The van der Waals surface area contributed by atoms with E-state index in [0.29, 0.717) is 60.3 Å². The Bertz CT molecular complexity index is 2660. The normalized spacial score (nSPS) is 17.2. The molecule has 5 N–H and O–H groups in total. The maximum atomic E-state index is 15.3. The number of urea groups is 1. The van der Waals surface area contributed by atoms with Crippen LogP contribution in [0.3, 0.4) is 0 Å². The number of benzene rings is 6. The van der Waals surface area contributed by atoms with Gasteiger partial charge in [-0.25, -0.2) is 4.79 Å². The van der Waals surface area contributed by atoms with E-state index in [9.17, 15) is 19.0 Å². The lowest BCUT2D eigenvalue weighted by atomic mass is 9.87. The van der Waals surface area contributed by atoms with E-state index in [4.69, 9.17) is 34.9 Å². The average molecular weight is 955 g/mol. The van der Waals surface area contributed by atoms with Gasteiger partial charge in [-0.15, -0.1) is 0 Å². The summed E-state index contributed by atoms with van der Waals surface area (Å²) in [5.41, 5.74) is 16.9. The second-order valence-corrected chi connectivity index (χ2v) is 18.7. The zero-order chi connectivity index (χ0) is 48.6. The Balaban J connectivity index is 1.18. The fourth-order valence-corrected chi connectivity index (χ4v) is 9.59. The molecule has 0 aromatic heterocycles. The number of primary amides is 2. The highest BCUT2D eigenvalue weighted by Gasteiger charge is 2.47. The standard InChI is InChI=1S/C54H59N4O10P/c1-64-28-29-65-37-66-51-48(27-26-41-18-13-25-47(32-41)67-38-69(62,63)68-50(44-21-9-4-10-22-44)34-40-16-7-3-8-17-40)57(35-42-19-11-23-45(30-42)52(55)59)54(61)58(49(51)33-39-14-5-2-6-15-39)36-43-20-12-24-46(31-43)53(56)60/h2-25,30-32,48-51H,26-29,33-38H2,1H3,(H2,55,59)(H2,56,60)(H,62,63). The van der Waals surface area contributed by atoms with Crippen LogP contribution in [0, 0.1) is 0 Å². The number of nitrogens with two attached hydrogens (primary N) is 2. The van der Waals surface area contributed by atoms with Crippen molar-refractivity contribution in [3.63, 3.8) is 0 Å². The van der Waals surface area contributed by atoms with Crippen molar-refractivity contribution in [3.8, 4) is 5.75 Å². The minimum atomic E-state index is -4.29. The Morgan fingerprint density at radius 1 is 0.667 bits per heavy atom. The number of hydrogen-bond donors (Lipinski definition) is 3. The van der Waals surface area contributed by atoms with Crippen LogP contribution in [0.15, 0.2) is 164 Å². The molecule has 15 heteroatoms. The van der Waals surface area contributed by atoms with Crippen molar-refractivity contribution in [1.82, 2.24) is 9.80 Å². The number of methoxy groups -OCH3 is 1. The number of ether oxygens (including phenoxy) is 4. The molecule has 0 saturated carbocycles. The van der Waals surface area contributed by atoms with Crippen LogP contribution in [0.25, 0.3) is 0 Å². The minimum Gasteiger partial charge on any atom is -0.481 e. The van der Waals surface area contributed by atoms with Gasteiger partial charge in [0.15, 0.2) is 6.35 Å². The predicted octanol–water partition coefficient (Wildman–Crippen LogP) is 8.46. The van der Waals surface area contributed by atoms with E-state index in [1.807, 2.05) is 121 Å². The van der Waals surface area contributed by atoms with Gasteiger partial charge < -0.3 is 45.1 Å². The van der Waals surface area contributed by atoms with Crippen molar-refractivity contribution in [2.24, 2.45) is 11.5 Å². The summed E-state index contributed by atoms with van der Waals surface area (Å²) in [6, 6.07) is 48.5. The molecule has 14 nitrogen and oxygen atoms in total. The second-order valence-electron chi connectivity index (χ2n) is 16.9. The summed E-state index contributed by atoms with van der Waals surface area (Å²) in [4.78, 5) is 54.7. The van der Waals surface area contributed by atoms with Crippen LogP contribution in [0.4, 0.5) is 4.79 Å². The molecule has 5 atom stereocenters. The molecule has 69 heavy (non-hydrogen) atoms.